The van der Waals surface area contributed by atoms with Crippen LogP contribution in [0.25, 0.3) is 4.96 Å². The highest BCUT2D eigenvalue weighted by atomic mass is 32.1. The fourth-order valence-electron chi connectivity index (χ4n) is 1.84. The molecule has 2 aromatic rings. The number of rotatable bonds is 6. The number of hydrogen-bond acceptors (Lipinski definition) is 4. The Labute approximate surface area is 109 Å². The fraction of sp³-hybridized carbons (Fsp3) is 0.500. The van der Waals surface area contributed by atoms with Crippen molar-refractivity contribution in [1.29, 1.82) is 0 Å². The Balaban J connectivity index is 1.36. The second-order valence-corrected chi connectivity index (χ2v) is 5.44. The Morgan fingerprint density at radius 1 is 1.50 bits per heavy atom. The number of imidazole rings is 1. The molecule has 0 saturated heterocycles. The van der Waals surface area contributed by atoms with Gasteiger partial charge >= 0.3 is 0 Å². The number of fused-ring (bicyclic) bond motifs is 1. The first-order valence-electron chi connectivity index (χ1n) is 6.22. The van der Waals surface area contributed by atoms with Crippen molar-refractivity contribution in [2.24, 2.45) is 5.92 Å². The van der Waals surface area contributed by atoms with E-state index in [0.29, 0.717) is 12.5 Å². The second-order valence-electron chi connectivity index (χ2n) is 4.57. The molecule has 6 heteroatoms. The molecule has 0 spiro atoms. The SMILES string of the molecule is O=C(NCCNCc1cn2ccsc2n1)C1CC1. The summed E-state index contributed by atoms with van der Waals surface area (Å²) in [7, 11) is 0. The normalized spacial score (nSPS) is 15.1. The van der Waals surface area contributed by atoms with Crippen LogP contribution < -0.4 is 10.6 Å². The van der Waals surface area contributed by atoms with Gasteiger partial charge in [0.25, 0.3) is 0 Å². The molecule has 1 aliphatic carbocycles. The maximum atomic E-state index is 11.4. The molecular formula is C12H16N4OS. The molecule has 0 atom stereocenters. The molecule has 2 heterocycles. The van der Waals surface area contributed by atoms with E-state index in [4.69, 9.17) is 0 Å². The van der Waals surface area contributed by atoms with E-state index in [2.05, 4.69) is 15.6 Å². The number of nitrogens with zero attached hydrogens (tertiary/aromatic N) is 2. The third-order valence-electron chi connectivity index (χ3n) is 3.00. The van der Waals surface area contributed by atoms with Crippen molar-refractivity contribution in [3.05, 3.63) is 23.5 Å². The van der Waals surface area contributed by atoms with Crippen LogP contribution in [-0.4, -0.2) is 28.4 Å². The summed E-state index contributed by atoms with van der Waals surface area (Å²) in [5.41, 5.74) is 1.04. The lowest BCUT2D eigenvalue weighted by Gasteiger charge is -2.04. The smallest absolute Gasteiger partial charge is 0.223 e. The van der Waals surface area contributed by atoms with Gasteiger partial charge in [0.1, 0.15) is 0 Å². The summed E-state index contributed by atoms with van der Waals surface area (Å²) in [6.07, 6.45) is 6.16. The molecule has 0 aromatic carbocycles. The van der Waals surface area contributed by atoms with Gasteiger partial charge in [0, 0.05) is 43.3 Å². The average Bonchev–Trinajstić information content (AvgIpc) is 3.00. The zero-order valence-corrected chi connectivity index (χ0v) is 10.9. The summed E-state index contributed by atoms with van der Waals surface area (Å²) in [4.78, 5) is 16.9. The molecule has 3 rings (SSSR count). The predicted octanol–water partition coefficient (Wildman–Crippen LogP) is 1.01. The molecule has 1 saturated carbocycles. The van der Waals surface area contributed by atoms with Crippen LogP contribution in [0.2, 0.25) is 0 Å². The molecule has 1 fully saturated rings. The van der Waals surface area contributed by atoms with Gasteiger partial charge in [0.15, 0.2) is 4.96 Å². The Kier molecular flexibility index (Phi) is 3.29. The van der Waals surface area contributed by atoms with Crippen LogP contribution in [0.3, 0.4) is 0 Å². The molecule has 96 valence electrons. The maximum Gasteiger partial charge on any atom is 0.223 e. The first-order chi connectivity index (χ1) is 8.83. The van der Waals surface area contributed by atoms with Crippen LogP contribution in [0.1, 0.15) is 18.5 Å². The molecule has 2 N–H and O–H groups in total. The monoisotopic (exact) mass is 264 g/mol. The largest absolute Gasteiger partial charge is 0.355 e. The zero-order valence-electron chi connectivity index (χ0n) is 10.1. The minimum Gasteiger partial charge on any atom is -0.355 e. The summed E-state index contributed by atoms with van der Waals surface area (Å²) in [5.74, 6) is 0.504. The second kappa shape index (κ2) is 5.07. The van der Waals surface area contributed by atoms with Crippen LogP contribution in [0.5, 0.6) is 0 Å². The highest BCUT2D eigenvalue weighted by Crippen LogP contribution is 2.28. The molecule has 1 amide bonds. The third-order valence-corrected chi connectivity index (χ3v) is 3.77. The summed E-state index contributed by atoms with van der Waals surface area (Å²) in [6, 6.07) is 0. The standard InChI is InChI=1S/C12H16N4OS/c17-11(9-1-2-9)14-4-3-13-7-10-8-16-5-6-18-12(16)15-10/h5-6,8-9,13H,1-4,7H2,(H,14,17). The van der Waals surface area contributed by atoms with Gasteiger partial charge in [-0.05, 0) is 12.8 Å². The van der Waals surface area contributed by atoms with Crippen molar-refractivity contribution < 1.29 is 4.79 Å². The molecule has 2 aromatic heterocycles. The van der Waals surface area contributed by atoms with E-state index in [9.17, 15) is 4.79 Å². The summed E-state index contributed by atoms with van der Waals surface area (Å²) < 4.78 is 2.02. The molecule has 0 bridgehead atoms. The third kappa shape index (κ3) is 2.70. The van der Waals surface area contributed by atoms with Gasteiger partial charge in [-0.25, -0.2) is 4.98 Å². The van der Waals surface area contributed by atoms with Crippen molar-refractivity contribution in [1.82, 2.24) is 20.0 Å². The molecule has 18 heavy (non-hydrogen) atoms. The van der Waals surface area contributed by atoms with Crippen molar-refractivity contribution in [2.75, 3.05) is 13.1 Å². The van der Waals surface area contributed by atoms with Crippen LogP contribution in [0.4, 0.5) is 0 Å². The number of amides is 1. The van der Waals surface area contributed by atoms with Crippen molar-refractivity contribution >= 4 is 22.2 Å². The first kappa shape index (κ1) is 11.7. The number of carbonyl (C=O) groups excluding carboxylic acids is 1. The lowest BCUT2D eigenvalue weighted by Crippen LogP contribution is -2.32. The quantitative estimate of drug-likeness (QED) is 0.766. The predicted molar refractivity (Wildman–Crippen MR) is 70.5 cm³/mol. The van der Waals surface area contributed by atoms with E-state index in [1.807, 2.05) is 22.2 Å². The van der Waals surface area contributed by atoms with Gasteiger partial charge in [-0.15, -0.1) is 11.3 Å². The van der Waals surface area contributed by atoms with Crippen molar-refractivity contribution in [3.63, 3.8) is 0 Å². The minimum atomic E-state index is 0.208. The highest BCUT2D eigenvalue weighted by Gasteiger charge is 2.28. The van der Waals surface area contributed by atoms with Gasteiger partial charge in [-0.1, -0.05) is 0 Å². The minimum absolute atomic E-state index is 0.208. The number of carbonyl (C=O) groups is 1. The molecule has 1 aliphatic rings. The maximum absolute atomic E-state index is 11.4. The van der Waals surface area contributed by atoms with Crippen LogP contribution >= 0.6 is 11.3 Å². The van der Waals surface area contributed by atoms with Gasteiger partial charge in [-0.3, -0.25) is 9.20 Å². The van der Waals surface area contributed by atoms with Gasteiger partial charge < -0.3 is 10.6 Å². The van der Waals surface area contributed by atoms with Crippen LogP contribution in [0.15, 0.2) is 17.8 Å². The van der Waals surface area contributed by atoms with E-state index in [-0.39, 0.29) is 5.91 Å². The highest BCUT2D eigenvalue weighted by molar-refractivity contribution is 7.15. The molecule has 0 unspecified atom stereocenters. The number of hydrogen-bond donors (Lipinski definition) is 2. The van der Waals surface area contributed by atoms with Crippen LogP contribution in [0, 0.1) is 5.92 Å². The zero-order chi connectivity index (χ0) is 12.4. The van der Waals surface area contributed by atoms with E-state index in [1.165, 1.54) is 0 Å². The van der Waals surface area contributed by atoms with Gasteiger partial charge in [0.05, 0.1) is 5.69 Å². The van der Waals surface area contributed by atoms with E-state index in [0.717, 1.165) is 36.6 Å². The number of nitrogens with one attached hydrogen (secondary N) is 2. The molecule has 0 radical (unpaired) electrons. The molecular weight excluding hydrogens is 248 g/mol. The summed E-state index contributed by atoms with van der Waals surface area (Å²) >= 11 is 1.63. The Morgan fingerprint density at radius 2 is 2.39 bits per heavy atom. The van der Waals surface area contributed by atoms with Gasteiger partial charge in [-0.2, -0.15) is 0 Å². The van der Waals surface area contributed by atoms with Crippen molar-refractivity contribution in [2.45, 2.75) is 19.4 Å². The van der Waals surface area contributed by atoms with Crippen LogP contribution in [-0.2, 0) is 11.3 Å². The van der Waals surface area contributed by atoms with Gasteiger partial charge in [0.2, 0.25) is 5.91 Å². The van der Waals surface area contributed by atoms with Crippen molar-refractivity contribution in [3.8, 4) is 0 Å². The number of aromatic nitrogens is 2. The van der Waals surface area contributed by atoms with E-state index >= 15 is 0 Å². The van der Waals surface area contributed by atoms with E-state index in [1.54, 1.807) is 11.3 Å². The Hall–Kier alpha value is -1.40. The molecule has 0 aliphatic heterocycles. The number of thiazole rings is 1. The lowest BCUT2D eigenvalue weighted by molar-refractivity contribution is -0.122. The average molecular weight is 264 g/mol. The fourth-order valence-corrected chi connectivity index (χ4v) is 2.56. The van der Waals surface area contributed by atoms with E-state index < -0.39 is 0 Å². The molecule has 5 nitrogen and oxygen atoms in total. The summed E-state index contributed by atoms with van der Waals surface area (Å²) in [6.45, 7) is 2.22. The lowest BCUT2D eigenvalue weighted by atomic mass is 10.4. The summed E-state index contributed by atoms with van der Waals surface area (Å²) in [5, 5.41) is 8.23. The Bertz CT molecular complexity index is 515. The topological polar surface area (TPSA) is 58.4 Å². The first-order valence-corrected chi connectivity index (χ1v) is 7.10. The Morgan fingerprint density at radius 3 is 3.17 bits per heavy atom.